The predicted octanol–water partition coefficient (Wildman–Crippen LogP) is 0.742. The molecule has 20 heavy (non-hydrogen) atoms. The highest BCUT2D eigenvalue weighted by atomic mass is 32.2. The molecule has 7 nitrogen and oxygen atoms in total. The van der Waals surface area contributed by atoms with Gasteiger partial charge in [0, 0.05) is 11.8 Å². The number of aromatic nitrogens is 3. The van der Waals surface area contributed by atoms with Crippen LogP contribution < -0.4 is 0 Å². The van der Waals surface area contributed by atoms with Gasteiger partial charge in [0.05, 0.1) is 4.90 Å². The number of benzene rings is 1. The highest BCUT2D eigenvalue weighted by Crippen LogP contribution is 2.20. The van der Waals surface area contributed by atoms with E-state index in [2.05, 4.69) is 10.1 Å². The Kier molecular flexibility index (Phi) is 3.58. The van der Waals surface area contributed by atoms with Crippen LogP contribution in [0.3, 0.4) is 0 Å². The Hall–Kier alpha value is -2.22. The number of aliphatic carboxylic acids is 1. The molecular formula is C12H13N3O4S. The maximum Gasteiger partial charge on any atom is 0.325 e. The molecule has 0 saturated carbocycles. The molecule has 0 radical (unpaired) electrons. The lowest BCUT2D eigenvalue weighted by molar-refractivity contribution is -0.137. The van der Waals surface area contributed by atoms with Crippen LogP contribution in [-0.4, -0.2) is 40.5 Å². The van der Waals surface area contributed by atoms with Crippen molar-refractivity contribution >= 4 is 15.8 Å². The van der Waals surface area contributed by atoms with E-state index in [-0.39, 0.29) is 11.4 Å². The van der Waals surface area contributed by atoms with Gasteiger partial charge in [-0.1, -0.05) is 0 Å². The maximum absolute atomic E-state index is 11.4. The summed E-state index contributed by atoms with van der Waals surface area (Å²) in [6, 6.07) is 6.08. The third-order valence-corrected chi connectivity index (χ3v) is 3.73. The lowest BCUT2D eigenvalue weighted by Gasteiger charge is -2.04. The molecule has 2 aromatic rings. The van der Waals surface area contributed by atoms with Gasteiger partial charge in [0.15, 0.2) is 15.7 Å². The van der Waals surface area contributed by atoms with Crippen molar-refractivity contribution in [2.75, 3.05) is 6.26 Å². The minimum absolute atomic E-state index is 0.197. The van der Waals surface area contributed by atoms with Gasteiger partial charge < -0.3 is 5.11 Å². The molecule has 1 aromatic heterocycles. The Bertz CT molecular complexity index is 748. The van der Waals surface area contributed by atoms with Crippen molar-refractivity contribution < 1.29 is 18.3 Å². The fraction of sp³-hybridized carbons (Fsp3) is 0.250. The number of carboxylic acids is 1. The van der Waals surface area contributed by atoms with Crippen LogP contribution in [0.15, 0.2) is 29.2 Å². The van der Waals surface area contributed by atoms with Gasteiger partial charge in [-0.05, 0) is 31.2 Å². The SMILES string of the molecule is Cc1nc(-c2ccc(S(C)(=O)=O)cc2)n(CC(=O)O)n1. The van der Waals surface area contributed by atoms with Gasteiger partial charge in [-0.25, -0.2) is 18.1 Å². The number of rotatable bonds is 4. The first-order valence-electron chi connectivity index (χ1n) is 5.71. The summed E-state index contributed by atoms with van der Waals surface area (Å²) in [5.74, 6) is -0.178. The second-order valence-electron chi connectivity index (χ2n) is 4.33. The fourth-order valence-corrected chi connectivity index (χ4v) is 2.39. The molecule has 0 amide bonds. The molecule has 0 spiro atoms. The van der Waals surface area contributed by atoms with E-state index in [9.17, 15) is 13.2 Å². The Morgan fingerprint density at radius 2 is 1.90 bits per heavy atom. The summed E-state index contributed by atoms with van der Waals surface area (Å²) in [5.41, 5.74) is 0.610. The van der Waals surface area contributed by atoms with Crippen LogP contribution in [0, 0.1) is 6.92 Å². The third kappa shape index (κ3) is 3.02. The summed E-state index contributed by atoms with van der Waals surface area (Å²) in [6.45, 7) is 1.36. The van der Waals surface area contributed by atoms with E-state index >= 15 is 0 Å². The van der Waals surface area contributed by atoms with Crippen LogP contribution >= 0.6 is 0 Å². The van der Waals surface area contributed by atoms with Crippen LogP contribution in [-0.2, 0) is 21.2 Å². The number of hydrogen-bond acceptors (Lipinski definition) is 5. The first kappa shape index (κ1) is 14.2. The topological polar surface area (TPSA) is 102 Å². The zero-order valence-electron chi connectivity index (χ0n) is 10.9. The molecule has 1 N–H and O–H groups in total. The summed E-state index contributed by atoms with van der Waals surface area (Å²) < 4.78 is 24.0. The van der Waals surface area contributed by atoms with E-state index in [0.29, 0.717) is 17.2 Å². The van der Waals surface area contributed by atoms with Gasteiger partial charge in [-0.15, -0.1) is 0 Å². The Morgan fingerprint density at radius 1 is 1.30 bits per heavy atom. The normalized spacial score (nSPS) is 11.5. The molecule has 0 bridgehead atoms. The van der Waals surface area contributed by atoms with Gasteiger partial charge in [0.1, 0.15) is 12.4 Å². The molecule has 0 saturated heterocycles. The second kappa shape index (κ2) is 5.04. The molecule has 1 heterocycles. The highest BCUT2D eigenvalue weighted by Gasteiger charge is 2.13. The summed E-state index contributed by atoms with van der Waals surface area (Å²) in [7, 11) is -3.26. The maximum atomic E-state index is 11.4. The average Bonchev–Trinajstić information content (AvgIpc) is 2.68. The largest absolute Gasteiger partial charge is 0.480 e. The summed E-state index contributed by atoms with van der Waals surface area (Å²) in [4.78, 5) is 15.1. The van der Waals surface area contributed by atoms with Crippen LogP contribution in [0.5, 0.6) is 0 Å². The summed E-state index contributed by atoms with van der Waals surface area (Å²) in [5, 5.41) is 12.8. The monoisotopic (exact) mass is 295 g/mol. The number of carboxylic acid groups (broad SMARTS) is 1. The second-order valence-corrected chi connectivity index (χ2v) is 6.35. The Balaban J connectivity index is 2.44. The van der Waals surface area contributed by atoms with E-state index in [1.165, 1.54) is 16.8 Å². The summed E-state index contributed by atoms with van der Waals surface area (Å²) in [6.07, 6.45) is 1.12. The molecule has 0 atom stereocenters. The number of aryl methyl sites for hydroxylation is 1. The Morgan fingerprint density at radius 3 is 2.40 bits per heavy atom. The smallest absolute Gasteiger partial charge is 0.325 e. The predicted molar refractivity (Wildman–Crippen MR) is 70.9 cm³/mol. The van der Waals surface area contributed by atoms with Gasteiger partial charge in [-0.3, -0.25) is 4.79 Å². The van der Waals surface area contributed by atoms with Gasteiger partial charge >= 0.3 is 5.97 Å². The molecule has 0 fully saturated rings. The quantitative estimate of drug-likeness (QED) is 0.892. The van der Waals surface area contributed by atoms with Crippen LogP contribution in [0.4, 0.5) is 0 Å². The van der Waals surface area contributed by atoms with Crippen molar-refractivity contribution in [3.63, 3.8) is 0 Å². The van der Waals surface area contributed by atoms with E-state index in [1.807, 2.05) is 0 Å². The van der Waals surface area contributed by atoms with Crippen LogP contribution in [0.1, 0.15) is 5.82 Å². The first-order valence-corrected chi connectivity index (χ1v) is 7.60. The molecule has 0 aliphatic carbocycles. The van der Waals surface area contributed by atoms with E-state index in [4.69, 9.17) is 5.11 Å². The number of carbonyl (C=O) groups is 1. The molecule has 0 aliphatic heterocycles. The fourth-order valence-electron chi connectivity index (χ4n) is 1.76. The zero-order chi connectivity index (χ0) is 14.9. The minimum Gasteiger partial charge on any atom is -0.480 e. The van der Waals surface area contributed by atoms with Crippen molar-refractivity contribution in [1.82, 2.24) is 14.8 Å². The number of nitrogens with zero attached hydrogens (tertiary/aromatic N) is 3. The van der Waals surface area contributed by atoms with E-state index < -0.39 is 15.8 Å². The van der Waals surface area contributed by atoms with Crippen LogP contribution in [0.2, 0.25) is 0 Å². The number of sulfone groups is 1. The van der Waals surface area contributed by atoms with Crippen molar-refractivity contribution in [3.8, 4) is 11.4 Å². The van der Waals surface area contributed by atoms with Crippen molar-refractivity contribution in [3.05, 3.63) is 30.1 Å². The molecule has 2 rings (SSSR count). The van der Waals surface area contributed by atoms with Gasteiger partial charge in [0.25, 0.3) is 0 Å². The van der Waals surface area contributed by atoms with Crippen molar-refractivity contribution in [2.24, 2.45) is 0 Å². The lowest BCUT2D eigenvalue weighted by atomic mass is 10.2. The van der Waals surface area contributed by atoms with Gasteiger partial charge in [-0.2, -0.15) is 5.10 Å². The first-order chi connectivity index (χ1) is 9.27. The zero-order valence-corrected chi connectivity index (χ0v) is 11.8. The minimum atomic E-state index is -3.26. The van der Waals surface area contributed by atoms with Crippen LogP contribution in [0.25, 0.3) is 11.4 Å². The third-order valence-electron chi connectivity index (χ3n) is 2.60. The molecule has 106 valence electrons. The standard InChI is InChI=1S/C12H13N3O4S/c1-8-13-12(15(14-8)7-11(16)17)9-3-5-10(6-4-9)20(2,18)19/h3-6H,7H2,1-2H3,(H,16,17). The Labute approximate surface area is 115 Å². The average molecular weight is 295 g/mol. The number of hydrogen-bond donors (Lipinski definition) is 1. The molecule has 8 heteroatoms. The van der Waals surface area contributed by atoms with Gasteiger partial charge in [0.2, 0.25) is 0 Å². The lowest BCUT2D eigenvalue weighted by Crippen LogP contribution is -2.11. The summed E-state index contributed by atoms with van der Waals surface area (Å²) >= 11 is 0. The molecule has 1 aromatic carbocycles. The highest BCUT2D eigenvalue weighted by molar-refractivity contribution is 7.90. The van der Waals surface area contributed by atoms with E-state index in [0.717, 1.165) is 6.26 Å². The van der Waals surface area contributed by atoms with Crippen molar-refractivity contribution in [1.29, 1.82) is 0 Å². The molecule has 0 unspecified atom stereocenters. The van der Waals surface area contributed by atoms with E-state index in [1.54, 1.807) is 19.1 Å². The van der Waals surface area contributed by atoms with Crippen molar-refractivity contribution in [2.45, 2.75) is 18.4 Å². The molecular weight excluding hydrogens is 282 g/mol. The molecule has 0 aliphatic rings.